The molecule has 1 aliphatic carbocycles. The van der Waals surface area contributed by atoms with E-state index in [1.165, 1.54) is 38.9 Å². The first-order chi connectivity index (χ1) is 19.1. The molecule has 39 heavy (non-hydrogen) atoms. The molecule has 2 heterocycles. The highest BCUT2D eigenvalue weighted by Crippen LogP contribution is 2.38. The molecular formula is C33H34N4O2. The average Bonchev–Trinajstić information content (AvgIpc) is 3.48. The van der Waals surface area contributed by atoms with Gasteiger partial charge in [-0.15, -0.1) is 0 Å². The number of imidazole rings is 1. The number of nitrogens with zero attached hydrogens (tertiary/aromatic N) is 3. The Bertz CT molecular complexity index is 1740. The Morgan fingerprint density at radius 2 is 1.82 bits per heavy atom. The van der Waals surface area contributed by atoms with Crippen LogP contribution in [0.3, 0.4) is 0 Å². The van der Waals surface area contributed by atoms with Crippen LogP contribution in [0.5, 0.6) is 0 Å². The van der Waals surface area contributed by atoms with Crippen molar-refractivity contribution in [3.63, 3.8) is 0 Å². The number of aryl methyl sites for hydroxylation is 4. The van der Waals surface area contributed by atoms with E-state index < -0.39 is 5.76 Å². The zero-order valence-electron chi connectivity index (χ0n) is 22.8. The molecule has 6 rings (SSSR count). The summed E-state index contributed by atoms with van der Waals surface area (Å²) in [6, 6.07) is 22.2. The Labute approximate surface area is 228 Å². The van der Waals surface area contributed by atoms with Crippen LogP contribution in [0.1, 0.15) is 84.2 Å². The summed E-state index contributed by atoms with van der Waals surface area (Å²) in [6.45, 7) is 6.64. The first-order valence-corrected chi connectivity index (χ1v) is 14.0. The molecule has 198 valence electrons. The van der Waals surface area contributed by atoms with Gasteiger partial charge in [0.05, 0.1) is 17.1 Å². The number of H-pyrrole nitrogens is 1. The highest BCUT2D eigenvalue weighted by Gasteiger charge is 2.24. The van der Waals surface area contributed by atoms with Crippen LogP contribution in [0.4, 0.5) is 0 Å². The number of hydrogen-bond donors (Lipinski definition) is 1. The van der Waals surface area contributed by atoms with Crippen molar-refractivity contribution in [3.8, 4) is 0 Å². The maximum absolute atomic E-state index is 11.7. The molecule has 1 aliphatic rings. The molecule has 6 nitrogen and oxygen atoms in total. The number of benzene rings is 3. The molecule has 1 N–H and O–H groups in total. The fraction of sp³-hybridized carbons (Fsp3) is 0.303. The summed E-state index contributed by atoms with van der Waals surface area (Å²) in [7, 11) is 0. The van der Waals surface area contributed by atoms with Gasteiger partial charge in [-0.25, -0.2) is 9.78 Å². The largest absolute Gasteiger partial charge is 0.439 e. The van der Waals surface area contributed by atoms with Crippen LogP contribution in [0.25, 0.3) is 22.7 Å². The molecule has 1 atom stereocenters. The van der Waals surface area contributed by atoms with E-state index in [9.17, 15) is 4.79 Å². The lowest BCUT2D eigenvalue weighted by atomic mass is 9.90. The standard InChI is InChI=1S/C33H34N4O2/c1-4-9-28(37-29-14-8-11-21(3)32(29)35-31(37)10-5-2)24-17-18-26-23(19-24)16-15-22-12-6-7-13-25(22)27(26)20-30-34-33(38)39-36-30/h6-8,11-14,17-20,28H,4-5,9-10,15-16H2,1-3H3,(H,34,36,38). The minimum Gasteiger partial charge on any atom is -0.320 e. The van der Waals surface area contributed by atoms with Crippen molar-refractivity contribution in [3.05, 3.63) is 116 Å². The number of aromatic amines is 1. The van der Waals surface area contributed by atoms with Gasteiger partial charge in [0.2, 0.25) is 0 Å². The predicted molar refractivity (Wildman–Crippen MR) is 156 cm³/mol. The number of aromatic nitrogens is 4. The Kier molecular flexibility index (Phi) is 6.77. The van der Waals surface area contributed by atoms with Crippen molar-refractivity contribution in [1.29, 1.82) is 0 Å². The van der Waals surface area contributed by atoms with Gasteiger partial charge < -0.3 is 4.57 Å². The summed E-state index contributed by atoms with van der Waals surface area (Å²) in [5, 5.41) is 3.92. The van der Waals surface area contributed by atoms with E-state index in [-0.39, 0.29) is 6.04 Å². The van der Waals surface area contributed by atoms with Gasteiger partial charge in [0.15, 0.2) is 5.82 Å². The van der Waals surface area contributed by atoms with Crippen molar-refractivity contribution in [2.45, 2.75) is 65.3 Å². The van der Waals surface area contributed by atoms with E-state index in [0.717, 1.165) is 55.4 Å². The van der Waals surface area contributed by atoms with Gasteiger partial charge in [0, 0.05) is 6.42 Å². The van der Waals surface area contributed by atoms with E-state index >= 15 is 0 Å². The van der Waals surface area contributed by atoms with Crippen LogP contribution in [0, 0.1) is 6.92 Å². The van der Waals surface area contributed by atoms with Crippen LogP contribution < -0.4 is 5.76 Å². The molecule has 0 amide bonds. The molecule has 6 heteroatoms. The Hall–Kier alpha value is -4.19. The summed E-state index contributed by atoms with van der Waals surface area (Å²) in [5.41, 5.74) is 10.8. The van der Waals surface area contributed by atoms with Crippen molar-refractivity contribution in [1.82, 2.24) is 19.7 Å². The topological polar surface area (TPSA) is 76.7 Å². The second-order valence-corrected chi connectivity index (χ2v) is 10.5. The number of nitrogens with one attached hydrogen (secondary N) is 1. The smallest absolute Gasteiger partial charge is 0.320 e. The molecule has 5 aromatic rings. The van der Waals surface area contributed by atoms with Crippen molar-refractivity contribution in [2.24, 2.45) is 0 Å². The highest BCUT2D eigenvalue weighted by molar-refractivity contribution is 5.93. The van der Waals surface area contributed by atoms with E-state index in [2.05, 4.69) is 96.1 Å². The van der Waals surface area contributed by atoms with Crippen molar-refractivity contribution < 1.29 is 4.52 Å². The zero-order chi connectivity index (χ0) is 26.9. The third-order valence-corrected chi connectivity index (χ3v) is 7.86. The number of fused-ring (bicyclic) bond motifs is 3. The molecule has 0 saturated heterocycles. The third kappa shape index (κ3) is 4.65. The third-order valence-electron chi connectivity index (χ3n) is 7.86. The van der Waals surface area contributed by atoms with Crippen LogP contribution >= 0.6 is 0 Å². The molecule has 0 spiro atoms. The molecular weight excluding hydrogens is 484 g/mol. The number of para-hydroxylation sites is 1. The minimum absolute atomic E-state index is 0.207. The molecule has 3 aromatic carbocycles. The first-order valence-electron chi connectivity index (χ1n) is 14.0. The summed E-state index contributed by atoms with van der Waals surface area (Å²) in [5.74, 6) is 1.04. The Morgan fingerprint density at radius 3 is 2.62 bits per heavy atom. The lowest BCUT2D eigenvalue weighted by Crippen LogP contribution is -2.14. The monoisotopic (exact) mass is 518 g/mol. The first kappa shape index (κ1) is 25.1. The summed E-state index contributed by atoms with van der Waals surface area (Å²) in [6.07, 6.45) is 7.96. The maximum Gasteiger partial charge on any atom is 0.439 e. The zero-order valence-corrected chi connectivity index (χ0v) is 22.8. The molecule has 0 aliphatic heterocycles. The molecule has 0 bridgehead atoms. The number of hydrogen-bond acceptors (Lipinski definition) is 4. The normalized spacial score (nSPS) is 14.8. The summed E-state index contributed by atoms with van der Waals surface area (Å²) >= 11 is 0. The van der Waals surface area contributed by atoms with Gasteiger partial charge >= 0.3 is 5.76 Å². The van der Waals surface area contributed by atoms with E-state index in [1.54, 1.807) is 0 Å². The fourth-order valence-corrected chi connectivity index (χ4v) is 6.07. The summed E-state index contributed by atoms with van der Waals surface area (Å²) in [4.78, 5) is 19.5. The van der Waals surface area contributed by atoms with Gasteiger partial charge in [-0.3, -0.25) is 9.51 Å². The quantitative estimate of drug-likeness (QED) is 0.250. The SMILES string of the molecule is CCCc1nc2c(C)cccc2n1C(CCC)c1ccc2c(c1)CCc1ccccc1C2=Cc1noc(=O)[nH]1. The van der Waals surface area contributed by atoms with Crippen LogP contribution in [0.2, 0.25) is 0 Å². The molecule has 0 saturated carbocycles. The van der Waals surface area contributed by atoms with Crippen LogP contribution in [0.15, 0.2) is 70.0 Å². The predicted octanol–water partition coefficient (Wildman–Crippen LogP) is 7.05. The lowest BCUT2D eigenvalue weighted by molar-refractivity contribution is 0.385. The maximum atomic E-state index is 11.7. The molecule has 0 fully saturated rings. The van der Waals surface area contributed by atoms with Gasteiger partial charge in [-0.1, -0.05) is 80.0 Å². The molecule has 0 radical (unpaired) electrons. The fourth-order valence-electron chi connectivity index (χ4n) is 6.07. The van der Waals surface area contributed by atoms with Crippen molar-refractivity contribution in [2.75, 3.05) is 0 Å². The Morgan fingerprint density at radius 1 is 1.00 bits per heavy atom. The second-order valence-electron chi connectivity index (χ2n) is 10.5. The summed E-state index contributed by atoms with van der Waals surface area (Å²) < 4.78 is 7.29. The van der Waals surface area contributed by atoms with E-state index in [1.807, 2.05) is 6.08 Å². The van der Waals surface area contributed by atoms with Gasteiger partial charge in [-0.05, 0) is 83.7 Å². The number of rotatable bonds is 7. The molecule has 2 aromatic heterocycles. The average molecular weight is 519 g/mol. The van der Waals surface area contributed by atoms with Crippen LogP contribution in [-0.4, -0.2) is 19.7 Å². The molecule has 1 unspecified atom stereocenters. The highest BCUT2D eigenvalue weighted by atomic mass is 16.5. The minimum atomic E-state index is -0.549. The second kappa shape index (κ2) is 10.5. The van der Waals surface area contributed by atoms with Gasteiger partial charge in [-0.2, -0.15) is 0 Å². The van der Waals surface area contributed by atoms with Crippen LogP contribution in [-0.2, 0) is 19.3 Å². The van der Waals surface area contributed by atoms with Gasteiger partial charge in [0.1, 0.15) is 5.82 Å². The van der Waals surface area contributed by atoms with Crippen molar-refractivity contribution >= 4 is 22.7 Å². The van der Waals surface area contributed by atoms with E-state index in [4.69, 9.17) is 9.51 Å². The van der Waals surface area contributed by atoms with Gasteiger partial charge in [0.25, 0.3) is 0 Å². The Balaban J connectivity index is 1.51. The van der Waals surface area contributed by atoms with E-state index in [0.29, 0.717) is 5.82 Å². The lowest BCUT2D eigenvalue weighted by Gasteiger charge is -2.24.